The first-order valence-electron chi connectivity index (χ1n) is 5.03. The van der Waals surface area contributed by atoms with Gasteiger partial charge in [-0.15, -0.1) is 13.2 Å². The number of benzene rings is 1. The molecule has 5 heteroatoms. The zero-order chi connectivity index (χ0) is 12.7. The summed E-state index contributed by atoms with van der Waals surface area (Å²) in [5.74, 6) is 0.302. The van der Waals surface area contributed by atoms with Gasteiger partial charge in [-0.1, -0.05) is 6.08 Å². The lowest BCUT2D eigenvalue weighted by atomic mass is 10.0. The van der Waals surface area contributed by atoms with E-state index < -0.39 is 12.0 Å². The van der Waals surface area contributed by atoms with Crippen LogP contribution in [0.3, 0.4) is 0 Å². The highest BCUT2D eigenvalue weighted by atomic mass is 19.4. The quantitative estimate of drug-likeness (QED) is 0.748. The Morgan fingerprint density at radius 1 is 1.24 bits per heavy atom. The van der Waals surface area contributed by atoms with Crippen LogP contribution < -0.4 is 9.47 Å². The minimum Gasteiger partial charge on any atom is -0.483 e. The molecule has 1 aromatic rings. The van der Waals surface area contributed by atoms with Crippen LogP contribution in [0, 0.1) is 0 Å². The van der Waals surface area contributed by atoms with Crippen LogP contribution in [0.5, 0.6) is 11.5 Å². The Balaban J connectivity index is 2.28. The van der Waals surface area contributed by atoms with Gasteiger partial charge in [-0.2, -0.15) is 0 Å². The normalized spacial score (nSPS) is 17.2. The summed E-state index contributed by atoms with van der Waals surface area (Å²) in [5, 5.41) is 0. The van der Waals surface area contributed by atoms with Crippen molar-refractivity contribution in [2.75, 3.05) is 0 Å². The van der Waals surface area contributed by atoms with Gasteiger partial charge < -0.3 is 9.47 Å². The van der Waals surface area contributed by atoms with Crippen molar-refractivity contribution in [3.63, 3.8) is 0 Å². The standard InChI is InChI=1S/C12H11F3O2/c1-11(2)6-5-8-7-9(16-12(13,14)15)3-4-10(8)17-11/h3-7H,1-2H3. The second-order valence-electron chi connectivity index (χ2n) is 4.29. The summed E-state index contributed by atoms with van der Waals surface area (Å²) in [6.07, 6.45) is -1.17. The largest absolute Gasteiger partial charge is 0.573 e. The Morgan fingerprint density at radius 2 is 1.94 bits per heavy atom. The first-order valence-corrected chi connectivity index (χ1v) is 5.03. The minimum absolute atomic E-state index is 0.246. The third-order valence-electron chi connectivity index (χ3n) is 2.25. The number of rotatable bonds is 1. The summed E-state index contributed by atoms with van der Waals surface area (Å²) in [5.41, 5.74) is 0.130. The van der Waals surface area contributed by atoms with Crippen LogP contribution in [0.2, 0.25) is 0 Å². The lowest BCUT2D eigenvalue weighted by molar-refractivity contribution is -0.274. The molecule has 0 fully saturated rings. The van der Waals surface area contributed by atoms with E-state index in [1.807, 2.05) is 13.8 Å². The summed E-state index contributed by atoms with van der Waals surface area (Å²) < 4.78 is 45.5. The maximum atomic E-state index is 12.0. The fourth-order valence-corrected chi connectivity index (χ4v) is 1.55. The molecule has 92 valence electrons. The Morgan fingerprint density at radius 3 is 2.59 bits per heavy atom. The average molecular weight is 244 g/mol. The van der Waals surface area contributed by atoms with E-state index in [9.17, 15) is 13.2 Å². The molecular weight excluding hydrogens is 233 g/mol. The van der Waals surface area contributed by atoms with Crippen molar-refractivity contribution in [3.8, 4) is 11.5 Å². The van der Waals surface area contributed by atoms with Crippen molar-refractivity contribution in [3.05, 3.63) is 29.8 Å². The SMILES string of the molecule is CC1(C)C=Cc2cc(OC(F)(F)F)ccc2O1. The van der Waals surface area contributed by atoms with Gasteiger partial charge in [0, 0.05) is 5.56 Å². The van der Waals surface area contributed by atoms with E-state index in [2.05, 4.69) is 4.74 Å². The van der Waals surface area contributed by atoms with E-state index >= 15 is 0 Å². The second-order valence-corrected chi connectivity index (χ2v) is 4.29. The van der Waals surface area contributed by atoms with Crippen molar-refractivity contribution in [2.45, 2.75) is 25.8 Å². The van der Waals surface area contributed by atoms with Gasteiger partial charge in [0.25, 0.3) is 0 Å². The molecule has 1 heterocycles. The number of halogens is 3. The molecule has 1 aliphatic rings. The van der Waals surface area contributed by atoms with E-state index in [-0.39, 0.29) is 5.75 Å². The number of ether oxygens (including phenoxy) is 2. The summed E-state index contributed by atoms with van der Waals surface area (Å²) >= 11 is 0. The van der Waals surface area contributed by atoms with E-state index in [0.29, 0.717) is 11.3 Å². The Labute approximate surface area is 96.6 Å². The Hall–Kier alpha value is -1.65. The van der Waals surface area contributed by atoms with Crippen molar-refractivity contribution in [1.82, 2.24) is 0 Å². The lowest BCUT2D eigenvalue weighted by Crippen LogP contribution is -2.27. The van der Waals surface area contributed by atoms with Crippen molar-refractivity contribution < 1.29 is 22.6 Å². The summed E-state index contributed by atoms with van der Waals surface area (Å²) in [6.45, 7) is 3.74. The van der Waals surface area contributed by atoms with Crippen molar-refractivity contribution in [1.29, 1.82) is 0 Å². The topological polar surface area (TPSA) is 18.5 Å². The molecule has 0 aliphatic carbocycles. The van der Waals surface area contributed by atoms with E-state index in [1.165, 1.54) is 18.2 Å². The molecule has 17 heavy (non-hydrogen) atoms. The highest BCUT2D eigenvalue weighted by Crippen LogP contribution is 2.34. The van der Waals surface area contributed by atoms with Crippen molar-refractivity contribution in [2.24, 2.45) is 0 Å². The zero-order valence-corrected chi connectivity index (χ0v) is 9.34. The molecule has 1 aliphatic heterocycles. The molecule has 0 saturated carbocycles. The van der Waals surface area contributed by atoms with E-state index in [4.69, 9.17) is 4.74 Å². The highest BCUT2D eigenvalue weighted by molar-refractivity contribution is 5.62. The molecule has 0 bridgehead atoms. The van der Waals surface area contributed by atoms with Gasteiger partial charge in [0.1, 0.15) is 17.1 Å². The third-order valence-corrected chi connectivity index (χ3v) is 2.25. The molecular formula is C12H11F3O2. The van der Waals surface area contributed by atoms with Crippen LogP contribution >= 0.6 is 0 Å². The fraction of sp³-hybridized carbons (Fsp3) is 0.333. The van der Waals surface area contributed by atoms with Crippen LogP contribution in [0.1, 0.15) is 19.4 Å². The number of alkyl halides is 3. The maximum Gasteiger partial charge on any atom is 0.573 e. The third kappa shape index (κ3) is 2.93. The van der Waals surface area contributed by atoms with Crippen LogP contribution in [0.4, 0.5) is 13.2 Å². The second kappa shape index (κ2) is 3.68. The molecule has 0 amide bonds. The first kappa shape index (κ1) is 11.8. The lowest BCUT2D eigenvalue weighted by Gasteiger charge is -2.28. The molecule has 0 spiro atoms. The predicted octanol–water partition coefficient (Wildman–Crippen LogP) is 3.77. The van der Waals surface area contributed by atoms with Gasteiger partial charge in [0.2, 0.25) is 0 Å². The molecule has 0 aromatic heterocycles. The number of fused-ring (bicyclic) bond motifs is 1. The van der Waals surface area contributed by atoms with Gasteiger partial charge in [0.15, 0.2) is 0 Å². The summed E-state index contributed by atoms with van der Waals surface area (Å²) in [6, 6.07) is 4.01. The Bertz CT molecular complexity index is 461. The number of hydrogen-bond donors (Lipinski definition) is 0. The average Bonchev–Trinajstić information content (AvgIpc) is 2.15. The van der Waals surface area contributed by atoms with Gasteiger partial charge in [-0.3, -0.25) is 0 Å². The molecule has 0 unspecified atom stereocenters. The van der Waals surface area contributed by atoms with Crippen molar-refractivity contribution >= 4 is 6.08 Å². The van der Waals surface area contributed by atoms with Gasteiger partial charge in [-0.05, 0) is 38.1 Å². The molecule has 0 N–H and O–H groups in total. The van der Waals surface area contributed by atoms with Crippen LogP contribution in [0.15, 0.2) is 24.3 Å². The summed E-state index contributed by atoms with van der Waals surface area (Å²) in [7, 11) is 0. The van der Waals surface area contributed by atoms with Gasteiger partial charge in [0.05, 0.1) is 0 Å². The fourth-order valence-electron chi connectivity index (χ4n) is 1.55. The molecule has 0 atom stereocenters. The Kier molecular flexibility index (Phi) is 2.56. The van der Waals surface area contributed by atoms with Crippen LogP contribution in [0.25, 0.3) is 6.08 Å². The smallest absolute Gasteiger partial charge is 0.483 e. The van der Waals surface area contributed by atoms with E-state index in [0.717, 1.165) is 0 Å². The monoisotopic (exact) mass is 244 g/mol. The molecule has 2 rings (SSSR count). The van der Waals surface area contributed by atoms with Crippen LogP contribution in [-0.2, 0) is 0 Å². The van der Waals surface area contributed by atoms with Crippen LogP contribution in [-0.4, -0.2) is 12.0 Å². The highest BCUT2D eigenvalue weighted by Gasteiger charge is 2.31. The summed E-state index contributed by atoms with van der Waals surface area (Å²) in [4.78, 5) is 0. The minimum atomic E-state index is -4.67. The molecule has 1 aromatic carbocycles. The van der Waals surface area contributed by atoms with Gasteiger partial charge in [-0.25, -0.2) is 0 Å². The van der Waals surface area contributed by atoms with Gasteiger partial charge >= 0.3 is 6.36 Å². The maximum absolute atomic E-state index is 12.0. The molecule has 0 saturated heterocycles. The molecule has 2 nitrogen and oxygen atoms in total. The first-order chi connectivity index (χ1) is 7.75. The number of hydrogen-bond acceptors (Lipinski definition) is 2. The molecule has 0 radical (unpaired) electrons. The van der Waals surface area contributed by atoms with E-state index in [1.54, 1.807) is 12.2 Å². The predicted molar refractivity (Wildman–Crippen MR) is 56.9 cm³/mol. The zero-order valence-electron chi connectivity index (χ0n) is 9.34.